The topological polar surface area (TPSA) is 43.6 Å². The number of nitrogens with zero attached hydrogens (tertiary/aromatic N) is 4. The first-order valence-corrected chi connectivity index (χ1v) is 14.0. The molecule has 8 rings (SSSR count). The Morgan fingerprint density at radius 1 is 0.500 bits per heavy atom. The molecule has 0 spiro atoms. The molecule has 188 valence electrons. The van der Waals surface area contributed by atoms with E-state index in [1.807, 2.05) is 60.7 Å². The zero-order chi connectivity index (χ0) is 26.5. The monoisotopic (exact) mass is 530 g/mol. The van der Waals surface area contributed by atoms with Crippen LogP contribution >= 0.6 is 11.8 Å². The average molecular weight is 531 g/mol. The molecular weight excluding hydrogens is 508 g/mol. The number of hydrogen-bond acceptors (Lipinski definition) is 4. The first kappa shape index (κ1) is 22.9. The summed E-state index contributed by atoms with van der Waals surface area (Å²) in [6, 6.07) is 41.8. The normalized spacial score (nSPS) is 12.3. The Hall–Kier alpha value is -5.00. The summed E-state index contributed by atoms with van der Waals surface area (Å²) in [6.45, 7) is 0. The fourth-order valence-electron chi connectivity index (χ4n) is 5.42. The van der Waals surface area contributed by atoms with Crippen molar-refractivity contribution < 1.29 is 0 Å². The Bertz CT molecular complexity index is 2020. The molecular formula is C35H22N4S. The third kappa shape index (κ3) is 3.74. The van der Waals surface area contributed by atoms with Gasteiger partial charge in [0.25, 0.3) is 0 Å². The summed E-state index contributed by atoms with van der Waals surface area (Å²) in [5.74, 6) is 1.90. The van der Waals surface area contributed by atoms with Crippen molar-refractivity contribution in [3.05, 3.63) is 132 Å². The van der Waals surface area contributed by atoms with E-state index in [9.17, 15) is 0 Å². The van der Waals surface area contributed by atoms with E-state index in [1.165, 1.54) is 26.1 Å². The largest absolute Gasteiger partial charge is 0.277 e. The smallest absolute Gasteiger partial charge is 0.238 e. The van der Waals surface area contributed by atoms with Crippen LogP contribution in [-0.2, 0) is 0 Å². The van der Waals surface area contributed by atoms with Crippen molar-refractivity contribution in [1.29, 1.82) is 0 Å². The molecule has 4 nitrogen and oxygen atoms in total. The van der Waals surface area contributed by atoms with Crippen molar-refractivity contribution in [2.24, 2.45) is 0 Å². The first-order chi connectivity index (χ1) is 19.8. The van der Waals surface area contributed by atoms with Gasteiger partial charge >= 0.3 is 0 Å². The summed E-state index contributed by atoms with van der Waals surface area (Å²) in [5.41, 5.74) is 6.45. The Morgan fingerprint density at radius 3 is 1.90 bits per heavy atom. The summed E-state index contributed by atoms with van der Waals surface area (Å²) < 4.78 is 2.21. The van der Waals surface area contributed by atoms with Gasteiger partial charge < -0.3 is 0 Å². The molecule has 0 fully saturated rings. The predicted octanol–water partition coefficient (Wildman–Crippen LogP) is 8.94. The first-order valence-electron chi connectivity index (χ1n) is 13.2. The van der Waals surface area contributed by atoms with Crippen LogP contribution < -0.4 is 0 Å². The maximum absolute atomic E-state index is 5.09. The van der Waals surface area contributed by atoms with Gasteiger partial charge in [-0.15, -0.1) is 0 Å². The molecule has 1 aliphatic heterocycles. The number of benzene rings is 5. The van der Waals surface area contributed by atoms with Gasteiger partial charge in [0.15, 0.2) is 11.6 Å². The van der Waals surface area contributed by atoms with E-state index in [0.29, 0.717) is 17.6 Å². The van der Waals surface area contributed by atoms with Crippen molar-refractivity contribution in [1.82, 2.24) is 19.5 Å². The summed E-state index contributed by atoms with van der Waals surface area (Å²) in [6.07, 6.45) is 4.46. The molecule has 1 aliphatic rings. The van der Waals surface area contributed by atoms with Gasteiger partial charge in [0.05, 0.1) is 11.0 Å². The third-order valence-corrected chi connectivity index (χ3v) is 8.46. The third-order valence-electron chi connectivity index (χ3n) is 7.29. The molecule has 0 saturated carbocycles. The van der Waals surface area contributed by atoms with E-state index in [-0.39, 0.29) is 0 Å². The fraction of sp³-hybridized carbons (Fsp3) is 0. The van der Waals surface area contributed by atoms with Crippen molar-refractivity contribution >= 4 is 45.7 Å². The van der Waals surface area contributed by atoms with E-state index in [0.717, 1.165) is 27.7 Å². The lowest BCUT2D eigenvalue weighted by atomic mass is 10.1. The van der Waals surface area contributed by atoms with Gasteiger partial charge in [0.1, 0.15) is 0 Å². The number of fused-ring (bicyclic) bond motifs is 6. The van der Waals surface area contributed by atoms with Gasteiger partial charge in [-0.3, -0.25) is 4.57 Å². The molecule has 0 saturated heterocycles. The van der Waals surface area contributed by atoms with Gasteiger partial charge in [-0.2, -0.15) is 9.97 Å². The van der Waals surface area contributed by atoms with Crippen LogP contribution in [0.3, 0.4) is 0 Å². The zero-order valence-electron chi connectivity index (χ0n) is 21.4. The van der Waals surface area contributed by atoms with Crippen LogP contribution in [0.25, 0.3) is 62.7 Å². The lowest BCUT2D eigenvalue weighted by Crippen LogP contribution is -2.07. The Labute approximate surface area is 235 Å². The highest BCUT2D eigenvalue weighted by Gasteiger charge is 2.22. The minimum absolute atomic E-state index is 0.604. The maximum Gasteiger partial charge on any atom is 0.238 e. The standard InChI is InChI=1S/C35H22N4S/c1-3-12-24(13-4-1)33-36-34(25-14-5-2-6-15-25)38-35(37-33)39-29-17-9-8-16-26(29)27-21-22-31-28(32(27)39)20-19-23-11-7-10-18-30(23)40-31/h1-22H. The lowest BCUT2D eigenvalue weighted by molar-refractivity contribution is 0.952. The fourth-order valence-corrected chi connectivity index (χ4v) is 6.47. The summed E-state index contributed by atoms with van der Waals surface area (Å²) in [5, 5.41) is 2.34. The van der Waals surface area contributed by atoms with Crippen molar-refractivity contribution in [2.75, 3.05) is 0 Å². The number of rotatable bonds is 3. The SMILES string of the molecule is C1=Cc2c(ccc3c4ccccc4n(-c4nc(-c5ccccc5)nc(-c5ccccc5)n4)c23)Sc2ccccc21. The van der Waals surface area contributed by atoms with E-state index in [4.69, 9.17) is 15.0 Å². The van der Waals surface area contributed by atoms with Crippen LogP contribution in [0.15, 0.2) is 131 Å². The molecule has 0 aliphatic carbocycles. The highest BCUT2D eigenvalue weighted by molar-refractivity contribution is 7.99. The van der Waals surface area contributed by atoms with E-state index < -0.39 is 0 Å². The number of para-hydroxylation sites is 1. The Morgan fingerprint density at radius 2 is 1.15 bits per heavy atom. The Kier molecular flexibility index (Phi) is 5.35. The van der Waals surface area contributed by atoms with Crippen molar-refractivity contribution in [3.8, 4) is 28.7 Å². The minimum Gasteiger partial charge on any atom is -0.277 e. The molecule has 0 atom stereocenters. The average Bonchev–Trinajstić information content (AvgIpc) is 3.24. The van der Waals surface area contributed by atoms with E-state index in [1.54, 1.807) is 11.8 Å². The molecule has 40 heavy (non-hydrogen) atoms. The van der Waals surface area contributed by atoms with Gasteiger partial charge in [-0.25, -0.2) is 4.98 Å². The quantitative estimate of drug-likeness (QED) is 0.229. The molecule has 0 unspecified atom stereocenters. The molecule has 3 heterocycles. The molecule has 0 bridgehead atoms. The number of hydrogen-bond donors (Lipinski definition) is 0. The van der Waals surface area contributed by atoms with Crippen molar-refractivity contribution in [2.45, 2.75) is 9.79 Å². The Balaban J connectivity index is 1.46. The van der Waals surface area contributed by atoms with Crippen LogP contribution in [0.2, 0.25) is 0 Å². The highest BCUT2D eigenvalue weighted by Crippen LogP contribution is 2.43. The van der Waals surface area contributed by atoms with Gasteiger partial charge in [-0.05, 0) is 23.8 Å². The second kappa shape index (κ2) is 9.33. The van der Waals surface area contributed by atoms with Crippen LogP contribution in [0, 0.1) is 0 Å². The minimum atomic E-state index is 0.604. The number of aromatic nitrogens is 4. The molecule has 7 aromatic rings. The summed E-state index contributed by atoms with van der Waals surface area (Å²) in [7, 11) is 0. The summed E-state index contributed by atoms with van der Waals surface area (Å²) in [4.78, 5) is 17.6. The second-order valence-corrected chi connectivity index (χ2v) is 10.8. The highest BCUT2D eigenvalue weighted by atomic mass is 32.2. The molecule has 0 N–H and O–H groups in total. The van der Waals surface area contributed by atoms with Crippen molar-refractivity contribution in [3.63, 3.8) is 0 Å². The van der Waals surface area contributed by atoms with Crippen LogP contribution in [0.4, 0.5) is 0 Å². The molecule has 0 amide bonds. The molecule has 2 aromatic heterocycles. The second-order valence-electron chi connectivity index (χ2n) is 9.71. The van der Waals surface area contributed by atoms with E-state index >= 15 is 0 Å². The van der Waals surface area contributed by atoms with Crippen LogP contribution in [0.5, 0.6) is 0 Å². The molecule has 0 radical (unpaired) electrons. The molecule has 5 aromatic carbocycles. The van der Waals surface area contributed by atoms with E-state index in [2.05, 4.69) is 77.4 Å². The zero-order valence-corrected chi connectivity index (χ0v) is 22.2. The lowest BCUT2D eigenvalue weighted by Gasteiger charge is -2.13. The van der Waals surface area contributed by atoms with Crippen LogP contribution in [0.1, 0.15) is 11.1 Å². The van der Waals surface area contributed by atoms with Crippen LogP contribution in [-0.4, -0.2) is 19.5 Å². The van der Waals surface area contributed by atoms with Gasteiger partial charge in [-0.1, -0.05) is 127 Å². The predicted molar refractivity (Wildman–Crippen MR) is 165 cm³/mol. The summed E-state index contributed by atoms with van der Waals surface area (Å²) >= 11 is 1.80. The maximum atomic E-state index is 5.09. The van der Waals surface area contributed by atoms with Gasteiger partial charge in [0.2, 0.25) is 5.95 Å². The molecule has 5 heteroatoms. The van der Waals surface area contributed by atoms with Gasteiger partial charge in [0, 0.05) is 37.3 Å².